The number of nitrogens with two attached hydrogens (primary N) is 1. The molecular weight excluding hydrogens is 466 g/mol. The molecule has 0 saturated carbocycles. The Bertz CT molecular complexity index is 1550. The van der Waals surface area contributed by atoms with Crippen molar-refractivity contribution in [3.8, 4) is 11.3 Å². The van der Waals surface area contributed by atoms with Crippen molar-refractivity contribution in [3.05, 3.63) is 59.2 Å². The molecule has 11 heteroatoms. The Labute approximate surface area is 203 Å². The Balaban J connectivity index is 1.76. The van der Waals surface area contributed by atoms with E-state index >= 15 is 0 Å². The number of sulfonamides is 1. The summed E-state index contributed by atoms with van der Waals surface area (Å²) in [7, 11) is -1.51. The van der Waals surface area contributed by atoms with Crippen LogP contribution in [0.5, 0.6) is 0 Å². The fourth-order valence-corrected chi connectivity index (χ4v) is 4.72. The van der Waals surface area contributed by atoms with Crippen LogP contribution in [-0.4, -0.2) is 39.6 Å². The molecule has 35 heavy (non-hydrogen) atoms. The van der Waals surface area contributed by atoms with Crippen molar-refractivity contribution in [3.63, 3.8) is 0 Å². The van der Waals surface area contributed by atoms with Crippen LogP contribution in [0, 0.1) is 20.8 Å². The van der Waals surface area contributed by atoms with Crippen LogP contribution in [0.4, 0.5) is 17.2 Å². The summed E-state index contributed by atoms with van der Waals surface area (Å²) >= 11 is 0. The van der Waals surface area contributed by atoms with E-state index in [2.05, 4.69) is 25.0 Å². The van der Waals surface area contributed by atoms with E-state index in [1.54, 1.807) is 46.2 Å². The van der Waals surface area contributed by atoms with E-state index in [0.29, 0.717) is 33.9 Å². The van der Waals surface area contributed by atoms with Crippen LogP contribution in [0.3, 0.4) is 0 Å². The van der Waals surface area contributed by atoms with Gasteiger partial charge in [0.15, 0.2) is 11.5 Å². The molecule has 4 rings (SSSR count). The van der Waals surface area contributed by atoms with Gasteiger partial charge in [0.05, 0.1) is 40.2 Å². The quantitative estimate of drug-likeness (QED) is 0.357. The lowest BCUT2D eigenvalue weighted by Crippen LogP contribution is -2.18. The third-order valence-corrected chi connectivity index (χ3v) is 7.02. The number of carbonyl (C=O) groups excluding carboxylic acids is 1. The molecule has 4 aromatic rings. The van der Waals surface area contributed by atoms with Crippen LogP contribution < -0.4 is 15.8 Å². The average molecular weight is 494 g/mol. The van der Waals surface area contributed by atoms with Gasteiger partial charge in [-0.3, -0.25) is 9.52 Å². The number of amides is 1. The standard InChI is InChI=1S/C24H27N7O3S/c1-6-35(33,34)30-19-13(2)10-16(11-14(19)3)28-24-22(23(25)32)29-20(15(4)27-24)17-8-7-9-18-21(17)26-12-31(18)5/h7-12,30H,6H2,1-5H3,(H2,25,32)(H,27,28). The van der Waals surface area contributed by atoms with E-state index in [-0.39, 0.29) is 17.3 Å². The smallest absolute Gasteiger partial charge is 0.271 e. The molecular formula is C24H27N7O3S. The number of hydrogen-bond acceptors (Lipinski definition) is 7. The molecule has 0 fully saturated rings. The molecule has 2 aromatic heterocycles. The number of aryl methyl sites for hydroxylation is 4. The summed E-state index contributed by atoms with van der Waals surface area (Å²) in [4.78, 5) is 26.0. The largest absolute Gasteiger partial charge is 0.364 e. The van der Waals surface area contributed by atoms with E-state index in [1.165, 1.54) is 0 Å². The Morgan fingerprint density at radius 1 is 1.11 bits per heavy atom. The van der Waals surface area contributed by atoms with Crippen molar-refractivity contribution < 1.29 is 13.2 Å². The lowest BCUT2D eigenvalue weighted by Gasteiger charge is -2.17. The molecule has 4 N–H and O–H groups in total. The molecule has 2 heterocycles. The number of hydrogen-bond donors (Lipinski definition) is 3. The van der Waals surface area contributed by atoms with Crippen LogP contribution in [0.15, 0.2) is 36.7 Å². The summed E-state index contributed by atoms with van der Waals surface area (Å²) < 4.78 is 28.6. The summed E-state index contributed by atoms with van der Waals surface area (Å²) in [6, 6.07) is 9.27. The molecule has 2 aromatic carbocycles. The highest BCUT2D eigenvalue weighted by Crippen LogP contribution is 2.32. The zero-order valence-corrected chi connectivity index (χ0v) is 21.0. The number of aromatic nitrogens is 4. The Hall–Kier alpha value is -3.99. The monoisotopic (exact) mass is 493 g/mol. The molecule has 0 bridgehead atoms. The van der Waals surface area contributed by atoms with Crippen LogP contribution >= 0.6 is 0 Å². The fraction of sp³-hybridized carbons (Fsp3) is 0.250. The Morgan fingerprint density at radius 2 is 1.80 bits per heavy atom. The molecule has 0 spiro atoms. The number of nitrogens with one attached hydrogen (secondary N) is 2. The maximum atomic E-state index is 12.3. The highest BCUT2D eigenvalue weighted by molar-refractivity contribution is 7.92. The van der Waals surface area contributed by atoms with Gasteiger partial charge in [-0.1, -0.05) is 12.1 Å². The molecule has 0 unspecified atom stereocenters. The number of primary amides is 1. The predicted octanol–water partition coefficient (Wildman–Crippen LogP) is 3.56. The van der Waals surface area contributed by atoms with Gasteiger partial charge in [0, 0.05) is 18.3 Å². The number of carbonyl (C=O) groups is 1. The lowest BCUT2D eigenvalue weighted by molar-refractivity contribution is 0.0996. The first kappa shape index (κ1) is 24.1. The molecule has 0 aliphatic heterocycles. The summed E-state index contributed by atoms with van der Waals surface area (Å²) in [5.74, 6) is -0.538. The summed E-state index contributed by atoms with van der Waals surface area (Å²) in [5.41, 5.74) is 11.8. The number of rotatable bonds is 7. The van der Waals surface area contributed by atoms with Crippen molar-refractivity contribution in [1.82, 2.24) is 19.5 Å². The number of fused-ring (bicyclic) bond motifs is 1. The van der Waals surface area contributed by atoms with Gasteiger partial charge in [0.1, 0.15) is 0 Å². The van der Waals surface area contributed by atoms with Crippen LogP contribution in [0.2, 0.25) is 0 Å². The third-order valence-electron chi connectivity index (χ3n) is 5.75. The van der Waals surface area contributed by atoms with Crippen LogP contribution in [0.1, 0.15) is 34.2 Å². The minimum Gasteiger partial charge on any atom is -0.364 e. The second kappa shape index (κ2) is 8.99. The highest BCUT2D eigenvalue weighted by atomic mass is 32.2. The second-order valence-electron chi connectivity index (χ2n) is 8.36. The number of anilines is 3. The van der Waals surface area contributed by atoms with Crippen LogP contribution in [0.25, 0.3) is 22.3 Å². The number of imidazole rings is 1. The van der Waals surface area contributed by atoms with Crippen molar-refractivity contribution in [2.45, 2.75) is 27.7 Å². The lowest BCUT2D eigenvalue weighted by atomic mass is 10.1. The first-order valence-corrected chi connectivity index (χ1v) is 12.6. The van der Waals surface area contributed by atoms with Crippen molar-refractivity contribution >= 4 is 44.2 Å². The van der Waals surface area contributed by atoms with Crippen molar-refractivity contribution in [2.75, 3.05) is 15.8 Å². The number of benzene rings is 2. The molecule has 0 atom stereocenters. The third kappa shape index (κ3) is 4.67. The second-order valence-corrected chi connectivity index (χ2v) is 10.4. The molecule has 0 aliphatic carbocycles. The molecule has 10 nitrogen and oxygen atoms in total. The molecule has 0 radical (unpaired) electrons. The first-order chi connectivity index (χ1) is 16.5. The Morgan fingerprint density at radius 3 is 2.43 bits per heavy atom. The van der Waals surface area contributed by atoms with Crippen molar-refractivity contribution in [1.29, 1.82) is 0 Å². The van der Waals surface area contributed by atoms with E-state index in [0.717, 1.165) is 16.6 Å². The highest BCUT2D eigenvalue weighted by Gasteiger charge is 2.20. The molecule has 0 saturated heterocycles. The molecule has 0 aliphatic rings. The average Bonchev–Trinajstić information content (AvgIpc) is 3.17. The molecule has 182 valence electrons. The summed E-state index contributed by atoms with van der Waals surface area (Å²) in [6.45, 7) is 6.98. The summed E-state index contributed by atoms with van der Waals surface area (Å²) in [6.07, 6.45) is 1.72. The number of nitrogens with zero attached hydrogens (tertiary/aromatic N) is 4. The van der Waals surface area contributed by atoms with Crippen molar-refractivity contribution in [2.24, 2.45) is 12.8 Å². The van der Waals surface area contributed by atoms with E-state index < -0.39 is 15.9 Å². The van der Waals surface area contributed by atoms with Gasteiger partial charge in [-0.15, -0.1) is 0 Å². The topological polar surface area (TPSA) is 145 Å². The first-order valence-electron chi connectivity index (χ1n) is 11.0. The SMILES string of the molecule is CCS(=O)(=O)Nc1c(C)cc(Nc2nc(C)c(-c3cccc4c3ncn4C)nc2C(N)=O)cc1C. The normalized spacial score (nSPS) is 11.6. The van der Waals surface area contributed by atoms with E-state index in [9.17, 15) is 13.2 Å². The van der Waals surface area contributed by atoms with Gasteiger partial charge in [0.25, 0.3) is 5.91 Å². The van der Waals surface area contributed by atoms with E-state index in [4.69, 9.17) is 5.73 Å². The van der Waals surface area contributed by atoms with Gasteiger partial charge in [-0.05, 0) is 57.0 Å². The Kier molecular flexibility index (Phi) is 6.20. The van der Waals surface area contributed by atoms with Gasteiger partial charge in [-0.2, -0.15) is 0 Å². The number of para-hydroxylation sites is 1. The minimum absolute atomic E-state index is 0.00963. The maximum Gasteiger partial charge on any atom is 0.271 e. The minimum atomic E-state index is -3.42. The zero-order valence-electron chi connectivity index (χ0n) is 20.2. The van der Waals surface area contributed by atoms with Gasteiger partial charge < -0.3 is 15.6 Å². The van der Waals surface area contributed by atoms with Gasteiger partial charge in [0.2, 0.25) is 10.0 Å². The van der Waals surface area contributed by atoms with Gasteiger partial charge >= 0.3 is 0 Å². The van der Waals surface area contributed by atoms with Gasteiger partial charge in [-0.25, -0.2) is 23.4 Å². The fourth-order valence-electron chi connectivity index (χ4n) is 3.94. The maximum absolute atomic E-state index is 12.3. The van der Waals surface area contributed by atoms with E-state index in [1.807, 2.05) is 29.8 Å². The molecule has 1 amide bonds. The zero-order chi connectivity index (χ0) is 25.5. The predicted molar refractivity (Wildman–Crippen MR) is 137 cm³/mol. The van der Waals surface area contributed by atoms with Crippen LogP contribution in [-0.2, 0) is 17.1 Å². The summed E-state index contributed by atoms with van der Waals surface area (Å²) in [5, 5.41) is 3.13.